The Hall–Kier alpha value is 1.02. The van der Waals surface area contributed by atoms with Crippen LogP contribution in [0.5, 0.6) is 0 Å². The quantitative estimate of drug-likeness (QED) is 0.748. The van der Waals surface area contributed by atoms with Crippen LogP contribution in [0.1, 0.15) is 20.3 Å². The van der Waals surface area contributed by atoms with Crippen LogP contribution >= 0.6 is 38.9 Å². The van der Waals surface area contributed by atoms with E-state index in [2.05, 4.69) is 33.7 Å². The van der Waals surface area contributed by atoms with Gasteiger partial charge in [-0.1, -0.05) is 0 Å². The maximum atomic E-state index is 9.51. The largest absolute Gasteiger partial charge is 0.396 e. The third-order valence-corrected chi connectivity index (χ3v) is 0.724. The molecule has 0 amide bonds. The number of aliphatic hydroxyl groups is 2. The highest BCUT2D eigenvalue weighted by Crippen LogP contribution is 2.61. The van der Waals surface area contributed by atoms with Gasteiger partial charge in [-0.05, 0) is 54.0 Å². The number of hydrogen-bond donors (Lipinski definition) is 2. The minimum Gasteiger partial charge on any atom is -0.396 e. The molecule has 0 spiro atoms. The van der Waals surface area contributed by atoms with Crippen molar-refractivity contribution in [2.24, 2.45) is 0 Å². The van der Waals surface area contributed by atoms with Crippen LogP contribution in [0.15, 0.2) is 0 Å². The summed E-state index contributed by atoms with van der Waals surface area (Å²) in [6, 6.07) is 0. The van der Waals surface area contributed by atoms with Crippen molar-refractivity contribution < 1.29 is 14.8 Å². The van der Waals surface area contributed by atoms with Gasteiger partial charge in [0.1, 0.15) is 0 Å². The average molecular weight is 257 g/mol. The van der Waals surface area contributed by atoms with Crippen molar-refractivity contribution in [1.29, 1.82) is 0 Å². The second-order valence-corrected chi connectivity index (χ2v) is 9.32. The van der Waals surface area contributed by atoms with Crippen LogP contribution in [0.3, 0.4) is 0 Å². The maximum absolute atomic E-state index is 9.51. The van der Waals surface area contributed by atoms with E-state index in [1.54, 1.807) is 13.8 Å². The molecule has 0 aromatic carbocycles. The summed E-state index contributed by atoms with van der Waals surface area (Å²) in [6.45, 7) is 3.40. The minimum absolute atomic E-state index is 0.0590. The second kappa shape index (κ2) is 6.47. The molecule has 0 aliphatic carbocycles. The Labute approximate surface area is 86.4 Å². The molecule has 12 heavy (non-hydrogen) atoms. The maximum Gasteiger partial charge on any atom is 0.339 e. The lowest BCUT2D eigenvalue weighted by atomic mass is 10.1. The molecule has 0 radical (unpaired) electrons. The zero-order valence-corrected chi connectivity index (χ0v) is 9.96. The van der Waals surface area contributed by atoms with Crippen molar-refractivity contribution in [3.05, 3.63) is 0 Å². The van der Waals surface area contributed by atoms with E-state index in [4.69, 9.17) is 10.2 Å². The van der Waals surface area contributed by atoms with E-state index < -0.39 is 10.8 Å². The first-order chi connectivity index (χ1) is 5.06. The standard InChI is InChI=1S/C5H12O2.Cl3OP/c1-5(2,7)3-4-6;1-5(2,3)4/h6-7H,3-4H2,1-2H3;. The predicted molar refractivity (Wildman–Crippen MR) is 53.2 cm³/mol. The summed E-state index contributed by atoms with van der Waals surface area (Å²) in [7, 11) is 0. The zero-order valence-electron chi connectivity index (χ0n) is 6.80. The third kappa shape index (κ3) is 43.9. The van der Waals surface area contributed by atoms with Gasteiger partial charge < -0.3 is 10.2 Å². The van der Waals surface area contributed by atoms with Gasteiger partial charge in [-0.3, -0.25) is 4.57 Å². The van der Waals surface area contributed by atoms with E-state index in [-0.39, 0.29) is 6.61 Å². The summed E-state index contributed by atoms with van der Waals surface area (Å²) in [5, 5.41) is 13.9. The lowest BCUT2D eigenvalue weighted by molar-refractivity contribution is 0.0515. The first-order valence-corrected chi connectivity index (χ1v) is 7.50. The Morgan fingerprint density at radius 2 is 1.58 bits per heavy atom. The number of aliphatic hydroxyl groups excluding tert-OH is 1. The SMILES string of the molecule is CC(C)(O)CCO.O=P(Cl)(Cl)Cl. The van der Waals surface area contributed by atoms with Crippen LogP contribution in [0.25, 0.3) is 0 Å². The highest BCUT2D eigenvalue weighted by Gasteiger charge is 2.09. The van der Waals surface area contributed by atoms with Gasteiger partial charge in [0, 0.05) is 6.61 Å². The molecule has 2 N–H and O–H groups in total. The number of halogens is 3. The first-order valence-electron chi connectivity index (χ1n) is 3.08. The second-order valence-electron chi connectivity index (χ2n) is 2.68. The van der Waals surface area contributed by atoms with E-state index in [0.717, 1.165) is 0 Å². The Morgan fingerprint density at radius 1 is 1.33 bits per heavy atom. The summed E-state index contributed by atoms with van der Waals surface area (Å²) < 4.78 is 9.51. The lowest BCUT2D eigenvalue weighted by Crippen LogP contribution is -2.19. The fourth-order valence-corrected chi connectivity index (χ4v) is 0.274. The smallest absolute Gasteiger partial charge is 0.339 e. The molecule has 0 aliphatic heterocycles. The molecule has 0 unspecified atom stereocenters. The topological polar surface area (TPSA) is 57.5 Å². The molecule has 0 rings (SSSR count). The van der Waals surface area contributed by atoms with Gasteiger partial charge in [0.05, 0.1) is 5.60 Å². The van der Waals surface area contributed by atoms with Crippen LogP contribution in [-0.2, 0) is 4.57 Å². The Bertz CT molecular complexity index is 142. The average Bonchev–Trinajstić information content (AvgIpc) is 1.54. The van der Waals surface area contributed by atoms with Crippen molar-refractivity contribution in [3.63, 3.8) is 0 Å². The Balaban J connectivity index is 0. The van der Waals surface area contributed by atoms with Gasteiger partial charge >= 0.3 is 5.20 Å². The first kappa shape index (κ1) is 15.5. The Morgan fingerprint density at radius 3 is 1.58 bits per heavy atom. The lowest BCUT2D eigenvalue weighted by Gasteiger charge is -2.13. The summed E-state index contributed by atoms with van der Waals surface area (Å²) in [5.74, 6) is 0. The molecule has 0 aromatic heterocycles. The summed E-state index contributed by atoms with van der Waals surface area (Å²) in [5.41, 5.74) is -0.700. The molecule has 0 saturated heterocycles. The summed E-state index contributed by atoms with van der Waals surface area (Å²) >= 11 is 13.8. The van der Waals surface area contributed by atoms with Crippen LogP contribution < -0.4 is 0 Å². The third-order valence-electron chi connectivity index (χ3n) is 0.724. The number of hydrogen-bond acceptors (Lipinski definition) is 3. The minimum atomic E-state index is -3.22. The Kier molecular flexibility index (Phi) is 8.35. The monoisotopic (exact) mass is 256 g/mol. The summed E-state index contributed by atoms with van der Waals surface area (Å²) in [4.78, 5) is 0. The molecular formula is C5H12Cl3O3P. The van der Waals surface area contributed by atoms with Crippen molar-refractivity contribution in [2.45, 2.75) is 25.9 Å². The molecule has 0 atom stereocenters. The molecule has 3 nitrogen and oxygen atoms in total. The normalized spacial score (nSPS) is 11.9. The van der Waals surface area contributed by atoms with Crippen LogP contribution in [-0.4, -0.2) is 22.4 Å². The van der Waals surface area contributed by atoms with Gasteiger partial charge in [0.25, 0.3) is 0 Å². The molecule has 76 valence electrons. The van der Waals surface area contributed by atoms with Crippen molar-refractivity contribution in [1.82, 2.24) is 0 Å². The van der Waals surface area contributed by atoms with E-state index in [1.165, 1.54) is 0 Å². The fourth-order valence-electron chi connectivity index (χ4n) is 0.274. The van der Waals surface area contributed by atoms with Crippen molar-refractivity contribution >= 4 is 38.9 Å². The van der Waals surface area contributed by atoms with Crippen LogP contribution in [0, 0.1) is 0 Å². The van der Waals surface area contributed by atoms with Crippen molar-refractivity contribution in [3.8, 4) is 0 Å². The van der Waals surface area contributed by atoms with Gasteiger partial charge in [0.15, 0.2) is 0 Å². The van der Waals surface area contributed by atoms with Gasteiger partial charge in [0.2, 0.25) is 0 Å². The van der Waals surface area contributed by atoms with Gasteiger partial charge in [-0.25, -0.2) is 0 Å². The molecule has 0 aliphatic rings. The number of rotatable bonds is 2. The van der Waals surface area contributed by atoms with Gasteiger partial charge in [-0.15, -0.1) is 0 Å². The van der Waals surface area contributed by atoms with E-state index in [1.807, 2.05) is 0 Å². The molecular weight excluding hydrogens is 245 g/mol. The van der Waals surface area contributed by atoms with E-state index in [9.17, 15) is 4.57 Å². The molecule has 7 heteroatoms. The highest BCUT2D eigenvalue weighted by atomic mass is 36.0. The van der Waals surface area contributed by atoms with Crippen molar-refractivity contribution in [2.75, 3.05) is 6.61 Å². The highest BCUT2D eigenvalue weighted by molar-refractivity contribution is 8.24. The predicted octanol–water partition coefficient (Wildman–Crippen LogP) is 2.95. The molecule has 0 heterocycles. The molecule has 0 saturated carbocycles. The van der Waals surface area contributed by atoms with E-state index in [0.29, 0.717) is 6.42 Å². The molecule has 0 aromatic rings. The van der Waals surface area contributed by atoms with Crippen LogP contribution in [0.4, 0.5) is 0 Å². The van der Waals surface area contributed by atoms with Crippen LogP contribution in [0.2, 0.25) is 0 Å². The summed E-state index contributed by atoms with van der Waals surface area (Å²) in [6.07, 6.45) is 0.451. The molecule has 0 bridgehead atoms. The van der Waals surface area contributed by atoms with Gasteiger partial charge in [-0.2, -0.15) is 0 Å². The zero-order chi connectivity index (χ0) is 10.4. The molecule has 0 fully saturated rings. The fraction of sp³-hybridized carbons (Fsp3) is 1.00. The van der Waals surface area contributed by atoms with E-state index >= 15 is 0 Å².